The van der Waals surface area contributed by atoms with Crippen LogP contribution in [0.3, 0.4) is 0 Å². The molecule has 6 nitrogen and oxygen atoms in total. The van der Waals surface area contributed by atoms with Crippen LogP contribution in [0.5, 0.6) is 0 Å². The van der Waals surface area contributed by atoms with Crippen molar-refractivity contribution in [3.8, 4) is 6.07 Å². The van der Waals surface area contributed by atoms with Gasteiger partial charge in [0.2, 0.25) is 5.91 Å². The number of nitrogens with zero attached hydrogens (tertiary/aromatic N) is 4. The minimum Gasteiger partial charge on any atom is -0.381 e. The fourth-order valence-electron chi connectivity index (χ4n) is 2.29. The zero-order valence-corrected chi connectivity index (χ0v) is 11.3. The summed E-state index contributed by atoms with van der Waals surface area (Å²) < 4.78 is 7.11. The van der Waals surface area contributed by atoms with Crippen LogP contribution in [0.1, 0.15) is 18.7 Å². The maximum absolute atomic E-state index is 12.5. The van der Waals surface area contributed by atoms with Crippen molar-refractivity contribution in [2.45, 2.75) is 19.4 Å². The Balaban J connectivity index is 2.10. The van der Waals surface area contributed by atoms with Gasteiger partial charge in [0.05, 0.1) is 12.6 Å². The molecular weight excluding hydrogens is 244 g/mol. The highest BCUT2D eigenvalue weighted by Crippen LogP contribution is 2.31. The Kier molecular flexibility index (Phi) is 3.86. The molecule has 1 aromatic rings. The maximum Gasteiger partial charge on any atom is 0.243 e. The molecule has 1 aliphatic rings. The van der Waals surface area contributed by atoms with Crippen molar-refractivity contribution in [1.29, 1.82) is 5.26 Å². The van der Waals surface area contributed by atoms with Gasteiger partial charge in [0.15, 0.2) is 0 Å². The standard InChI is InChI=1S/C13H18N4O2/c1-16-6-5-15-11(16)9-17(2)12(18)13(10-14)3-7-19-8-4-13/h5-6H,3-4,7-9H2,1-2H3. The molecule has 1 aliphatic heterocycles. The van der Waals surface area contributed by atoms with E-state index in [1.165, 1.54) is 0 Å². The SMILES string of the molecule is CN(Cc1nccn1C)C(=O)C1(C#N)CCOCC1. The summed E-state index contributed by atoms with van der Waals surface area (Å²) in [6, 6.07) is 2.19. The molecule has 0 aromatic carbocycles. The van der Waals surface area contributed by atoms with Gasteiger partial charge in [-0.3, -0.25) is 4.79 Å². The Bertz CT molecular complexity index is 497. The molecule has 0 bridgehead atoms. The van der Waals surface area contributed by atoms with E-state index in [9.17, 15) is 10.1 Å². The first-order valence-electron chi connectivity index (χ1n) is 6.30. The Hall–Kier alpha value is -1.87. The molecule has 6 heteroatoms. The lowest BCUT2D eigenvalue weighted by Crippen LogP contribution is -2.44. The molecule has 2 heterocycles. The van der Waals surface area contributed by atoms with Gasteiger partial charge in [0.25, 0.3) is 0 Å². The third-order valence-electron chi connectivity index (χ3n) is 3.62. The molecule has 1 amide bonds. The second-order valence-corrected chi connectivity index (χ2v) is 4.92. The number of hydrogen-bond acceptors (Lipinski definition) is 4. The van der Waals surface area contributed by atoms with Gasteiger partial charge in [0, 0.05) is 39.7 Å². The smallest absolute Gasteiger partial charge is 0.243 e. The van der Waals surface area contributed by atoms with E-state index in [-0.39, 0.29) is 5.91 Å². The average molecular weight is 262 g/mol. The molecule has 1 saturated heterocycles. The number of aryl methyl sites for hydroxylation is 1. The molecule has 19 heavy (non-hydrogen) atoms. The van der Waals surface area contributed by atoms with Crippen LogP contribution in [0.15, 0.2) is 12.4 Å². The summed E-state index contributed by atoms with van der Waals surface area (Å²) in [6.45, 7) is 1.34. The first-order chi connectivity index (χ1) is 9.09. The van der Waals surface area contributed by atoms with Crippen molar-refractivity contribution in [1.82, 2.24) is 14.5 Å². The second-order valence-electron chi connectivity index (χ2n) is 4.92. The van der Waals surface area contributed by atoms with Crippen LogP contribution in [0.2, 0.25) is 0 Å². The molecule has 1 aromatic heterocycles. The van der Waals surface area contributed by atoms with Crippen molar-refractivity contribution in [2.75, 3.05) is 20.3 Å². The fourth-order valence-corrected chi connectivity index (χ4v) is 2.29. The lowest BCUT2D eigenvalue weighted by atomic mass is 9.80. The molecule has 0 saturated carbocycles. The van der Waals surface area contributed by atoms with Gasteiger partial charge in [-0.15, -0.1) is 0 Å². The summed E-state index contributed by atoms with van der Waals surface area (Å²) in [5.41, 5.74) is -0.932. The minimum atomic E-state index is -0.932. The fraction of sp³-hybridized carbons (Fsp3) is 0.615. The van der Waals surface area contributed by atoms with Crippen LogP contribution in [0.4, 0.5) is 0 Å². The highest BCUT2D eigenvalue weighted by molar-refractivity contribution is 5.85. The van der Waals surface area contributed by atoms with E-state index < -0.39 is 5.41 Å². The third kappa shape index (κ3) is 2.61. The largest absolute Gasteiger partial charge is 0.381 e. The molecule has 2 rings (SSSR count). The van der Waals surface area contributed by atoms with Crippen LogP contribution < -0.4 is 0 Å². The summed E-state index contributed by atoms with van der Waals surface area (Å²) >= 11 is 0. The summed E-state index contributed by atoms with van der Waals surface area (Å²) in [6.07, 6.45) is 4.46. The molecule has 1 fully saturated rings. The first-order valence-corrected chi connectivity index (χ1v) is 6.30. The Morgan fingerprint density at radius 3 is 2.84 bits per heavy atom. The van der Waals surface area contributed by atoms with Crippen LogP contribution in [0, 0.1) is 16.7 Å². The maximum atomic E-state index is 12.5. The predicted octanol–water partition coefficient (Wildman–Crippen LogP) is 0.699. The molecule has 0 N–H and O–H groups in total. The number of carbonyl (C=O) groups is 1. The zero-order chi connectivity index (χ0) is 13.9. The number of carbonyl (C=O) groups excluding carboxylic acids is 1. The summed E-state index contributed by atoms with van der Waals surface area (Å²) in [7, 11) is 3.60. The minimum absolute atomic E-state index is 0.138. The number of nitriles is 1. The summed E-state index contributed by atoms with van der Waals surface area (Å²) in [4.78, 5) is 18.3. The lowest BCUT2D eigenvalue weighted by molar-refractivity contribution is -0.142. The van der Waals surface area contributed by atoms with Crippen molar-refractivity contribution in [2.24, 2.45) is 12.5 Å². The number of imidazole rings is 1. The van der Waals surface area contributed by atoms with Gasteiger partial charge in [-0.1, -0.05) is 0 Å². The van der Waals surface area contributed by atoms with Crippen molar-refractivity contribution >= 4 is 5.91 Å². The molecular formula is C13H18N4O2. The molecule has 0 radical (unpaired) electrons. The van der Waals surface area contributed by atoms with E-state index in [2.05, 4.69) is 11.1 Å². The van der Waals surface area contributed by atoms with Crippen molar-refractivity contribution in [3.63, 3.8) is 0 Å². The van der Waals surface area contributed by atoms with E-state index in [1.54, 1.807) is 18.1 Å². The quantitative estimate of drug-likeness (QED) is 0.804. The number of hydrogen-bond donors (Lipinski definition) is 0. The van der Waals surface area contributed by atoms with Gasteiger partial charge in [-0.2, -0.15) is 5.26 Å². The third-order valence-corrected chi connectivity index (χ3v) is 3.62. The van der Waals surface area contributed by atoms with Crippen molar-refractivity contribution in [3.05, 3.63) is 18.2 Å². The van der Waals surface area contributed by atoms with Crippen LogP contribution in [-0.4, -0.2) is 40.6 Å². The molecule has 102 valence electrons. The van der Waals surface area contributed by atoms with E-state index in [0.717, 1.165) is 5.82 Å². The predicted molar refractivity (Wildman–Crippen MR) is 67.8 cm³/mol. The number of amides is 1. The van der Waals surface area contributed by atoms with E-state index in [0.29, 0.717) is 32.6 Å². The first kappa shape index (κ1) is 13.6. The summed E-state index contributed by atoms with van der Waals surface area (Å²) in [5, 5.41) is 9.37. The van der Waals surface area contributed by atoms with Crippen LogP contribution in [-0.2, 0) is 23.1 Å². The van der Waals surface area contributed by atoms with E-state index in [4.69, 9.17) is 4.74 Å². The van der Waals surface area contributed by atoms with Gasteiger partial charge in [0.1, 0.15) is 11.2 Å². The zero-order valence-electron chi connectivity index (χ0n) is 11.3. The Morgan fingerprint density at radius 1 is 1.63 bits per heavy atom. The highest BCUT2D eigenvalue weighted by Gasteiger charge is 2.42. The van der Waals surface area contributed by atoms with Gasteiger partial charge >= 0.3 is 0 Å². The Labute approximate surface area is 112 Å². The molecule has 0 unspecified atom stereocenters. The monoisotopic (exact) mass is 262 g/mol. The second kappa shape index (κ2) is 5.41. The van der Waals surface area contributed by atoms with E-state index in [1.807, 2.05) is 17.8 Å². The topological polar surface area (TPSA) is 71.2 Å². The number of aromatic nitrogens is 2. The Morgan fingerprint density at radius 2 is 2.32 bits per heavy atom. The molecule has 0 spiro atoms. The van der Waals surface area contributed by atoms with E-state index >= 15 is 0 Å². The lowest BCUT2D eigenvalue weighted by Gasteiger charge is -2.32. The number of rotatable bonds is 3. The van der Waals surface area contributed by atoms with Gasteiger partial charge in [-0.25, -0.2) is 4.98 Å². The van der Waals surface area contributed by atoms with Crippen LogP contribution >= 0.6 is 0 Å². The molecule has 0 aliphatic carbocycles. The number of ether oxygens (including phenoxy) is 1. The van der Waals surface area contributed by atoms with Gasteiger partial charge in [-0.05, 0) is 12.8 Å². The normalized spacial score (nSPS) is 17.7. The van der Waals surface area contributed by atoms with Crippen LogP contribution in [0.25, 0.3) is 0 Å². The average Bonchev–Trinajstić information content (AvgIpc) is 2.84. The highest BCUT2D eigenvalue weighted by atomic mass is 16.5. The molecule has 0 atom stereocenters. The van der Waals surface area contributed by atoms with Gasteiger partial charge < -0.3 is 14.2 Å². The summed E-state index contributed by atoms with van der Waals surface area (Å²) in [5.74, 6) is 0.664. The van der Waals surface area contributed by atoms with Crippen molar-refractivity contribution < 1.29 is 9.53 Å².